The van der Waals surface area contributed by atoms with Gasteiger partial charge in [-0.1, -0.05) is 86.6 Å². The maximum absolute atomic E-state index is 14.4. The Kier molecular flexibility index (Phi) is 9.00. The lowest BCUT2D eigenvalue weighted by molar-refractivity contribution is -0.137. The molecule has 3 nitrogen and oxygen atoms in total. The topological polar surface area (TPSA) is 47.0 Å². The van der Waals surface area contributed by atoms with Gasteiger partial charge in [0.25, 0.3) is 0 Å². The first-order valence-electron chi connectivity index (χ1n) is 16.4. The third kappa shape index (κ3) is 6.77. The maximum atomic E-state index is 14.4. The average Bonchev–Trinajstić information content (AvgIpc) is 3.11. The summed E-state index contributed by atoms with van der Waals surface area (Å²) in [6.45, 7) is 4.05. The molecule has 7 aromatic rings. The first kappa shape index (κ1) is 34.8. The third-order valence-electron chi connectivity index (χ3n) is 9.56. The molecule has 51 heavy (non-hydrogen) atoms. The minimum Gasteiger partial charge on any atom is -0.256 e. The molecule has 0 aliphatic heterocycles. The standard InChI is InChI=1S/C33H25BrF4O2S.C9H7N/c1-32(2)17-28-25(31(18-32)41(39,40)21-11-14-29(34)30(35)15-21)13-12-24-22-5-3-4-6-23(22)26(16-27(24)28)19-7-9-20(10-8-19)33(36,37)38;1-2-6-9-8(4-1)5-3-7-10-9/h3-16,31H,17-18H2,1-2H3;1-7H. The molecule has 0 saturated carbocycles. The van der Waals surface area contributed by atoms with Gasteiger partial charge in [-0.15, -0.1) is 0 Å². The fraction of sp³-hybridized carbons (Fsp3) is 0.167. The molecule has 0 bridgehead atoms. The molecular weight excluding hydrogens is 738 g/mol. The zero-order valence-electron chi connectivity index (χ0n) is 27.7. The highest BCUT2D eigenvalue weighted by Gasteiger charge is 2.41. The molecule has 0 N–H and O–H groups in total. The van der Waals surface area contributed by atoms with E-state index in [4.69, 9.17) is 0 Å². The zero-order valence-corrected chi connectivity index (χ0v) is 30.1. The predicted octanol–water partition coefficient (Wildman–Crippen LogP) is 12.3. The van der Waals surface area contributed by atoms with E-state index in [1.54, 1.807) is 0 Å². The highest BCUT2D eigenvalue weighted by atomic mass is 79.9. The minimum absolute atomic E-state index is 0.0732. The summed E-state index contributed by atoms with van der Waals surface area (Å²) in [7, 11) is -3.95. The number of benzene rings is 6. The second kappa shape index (κ2) is 13.2. The van der Waals surface area contributed by atoms with Gasteiger partial charge < -0.3 is 0 Å². The van der Waals surface area contributed by atoms with Crippen molar-refractivity contribution in [3.05, 3.63) is 155 Å². The van der Waals surface area contributed by atoms with Gasteiger partial charge in [0.2, 0.25) is 0 Å². The number of fused-ring (bicyclic) bond motifs is 6. The first-order valence-corrected chi connectivity index (χ1v) is 18.7. The summed E-state index contributed by atoms with van der Waals surface area (Å²) in [6.07, 6.45) is -1.65. The molecule has 9 heteroatoms. The van der Waals surface area contributed by atoms with Crippen molar-refractivity contribution in [1.82, 2.24) is 4.98 Å². The molecule has 1 aliphatic rings. The average molecular weight is 771 g/mol. The largest absolute Gasteiger partial charge is 0.416 e. The van der Waals surface area contributed by atoms with Crippen molar-refractivity contribution in [3.63, 3.8) is 0 Å². The second-order valence-electron chi connectivity index (χ2n) is 13.6. The summed E-state index contributed by atoms with van der Waals surface area (Å²) in [5.74, 6) is -0.646. The van der Waals surface area contributed by atoms with E-state index in [1.165, 1.54) is 29.7 Å². The Morgan fingerprint density at radius 1 is 0.765 bits per heavy atom. The number of alkyl halides is 3. The Balaban J connectivity index is 0.000000347. The lowest BCUT2D eigenvalue weighted by atomic mass is 9.72. The Bertz CT molecular complexity index is 2480. The summed E-state index contributed by atoms with van der Waals surface area (Å²) in [5.41, 5.74) is 2.93. The van der Waals surface area contributed by atoms with Crippen LogP contribution < -0.4 is 0 Å². The smallest absolute Gasteiger partial charge is 0.256 e. The molecule has 0 amide bonds. The van der Waals surface area contributed by atoms with Gasteiger partial charge in [0.05, 0.1) is 25.7 Å². The highest BCUT2D eigenvalue weighted by molar-refractivity contribution is 9.10. The van der Waals surface area contributed by atoms with Crippen LogP contribution in [0.3, 0.4) is 0 Å². The summed E-state index contributed by atoms with van der Waals surface area (Å²) in [4.78, 5) is 4.11. The van der Waals surface area contributed by atoms with E-state index in [-0.39, 0.29) is 14.8 Å². The van der Waals surface area contributed by atoms with Crippen LogP contribution in [0.5, 0.6) is 0 Å². The van der Waals surface area contributed by atoms with Crippen LogP contribution in [-0.2, 0) is 22.4 Å². The predicted molar refractivity (Wildman–Crippen MR) is 200 cm³/mol. The van der Waals surface area contributed by atoms with Crippen LogP contribution in [0, 0.1) is 11.2 Å². The van der Waals surface area contributed by atoms with E-state index in [1.807, 2.05) is 86.8 Å². The molecule has 1 aliphatic carbocycles. The number of hydrogen-bond acceptors (Lipinski definition) is 3. The number of aromatic nitrogens is 1. The van der Waals surface area contributed by atoms with E-state index < -0.39 is 32.6 Å². The van der Waals surface area contributed by atoms with Crippen molar-refractivity contribution in [2.45, 2.75) is 43.0 Å². The van der Waals surface area contributed by atoms with E-state index in [0.29, 0.717) is 24.0 Å². The van der Waals surface area contributed by atoms with Gasteiger partial charge >= 0.3 is 6.18 Å². The Morgan fingerprint density at radius 2 is 1.43 bits per heavy atom. The highest BCUT2D eigenvalue weighted by Crippen LogP contribution is 2.50. The van der Waals surface area contributed by atoms with Crippen molar-refractivity contribution in [2.24, 2.45) is 5.41 Å². The van der Waals surface area contributed by atoms with E-state index in [2.05, 4.69) is 33.0 Å². The molecule has 1 aromatic heterocycles. The molecule has 0 spiro atoms. The fourth-order valence-electron chi connectivity index (χ4n) is 7.11. The van der Waals surface area contributed by atoms with Crippen LogP contribution in [0.25, 0.3) is 43.6 Å². The van der Waals surface area contributed by atoms with Crippen molar-refractivity contribution >= 4 is 58.2 Å². The van der Waals surface area contributed by atoms with E-state index in [9.17, 15) is 26.0 Å². The van der Waals surface area contributed by atoms with Gasteiger partial charge in [-0.2, -0.15) is 13.2 Å². The third-order valence-corrected chi connectivity index (χ3v) is 12.3. The molecule has 0 saturated heterocycles. The zero-order chi connectivity index (χ0) is 36.1. The number of para-hydroxylation sites is 1. The molecule has 1 unspecified atom stereocenters. The number of halogens is 5. The Labute approximate surface area is 302 Å². The SMILES string of the molecule is CC1(C)Cc2c(ccc3c2cc(-c2ccc(C(F)(F)F)cc2)c2ccccc23)C(S(=O)(=O)c2ccc(Br)c(F)c2)C1.c1ccc2ncccc2c1. The van der Waals surface area contributed by atoms with Gasteiger partial charge in [0.15, 0.2) is 9.84 Å². The molecular formula is C42H32BrF4NO2S. The quantitative estimate of drug-likeness (QED) is 0.133. The number of sulfone groups is 1. The normalized spacial score (nSPS) is 15.7. The summed E-state index contributed by atoms with van der Waals surface area (Å²) < 4.78 is 82.4. The molecule has 8 rings (SSSR count). The number of pyridine rings is 1. The van der Waals surface area contributed by atoms with Crippen LogP contribution in [0.1, 0.15) is 42.2 Å². The molecule has 0 radical (unpaired) electrons. The fourth-order valence-corrected chi connectivity index (χ4v) is 9.43. The monoisotopic (exact) mass is 769 g/mol. The number of rotatable bonds is 3. The number of nitrogens with zero attached hydrogens (tertiary/aromatic N) is 1. The van der Waals surface area contributed by atoms with Crippen LogP contribution in [0.15, 0.2) is 137 Å². The second-order valence-corrected chi connectivity index (χ2v) is 16.6. The molecule has 1 heterocycles. The molecule has 6 aromatic carbocycles. The van der Waals surface area contributed by atoms with Crippen molar-refractivity contribution < 1.29 is 26.0 Å². The lowest BCUT2D eigenvalue weighted by Gasteiger charge is -2.37. The number of hydrogen-bond donors (Lipinski definition) is 0. The van der Waals surface area contributed by atoms with Crippen molar-refractivity contribution in [3.8, 4) is 11.1 Å². The van der Waals surface area contributed by atoms with Crippen LogP contribution in [0.4, 0.5) is 17.6 Å². The van der Waals surface area contributed by atoms with Gasteiger partial charge in [-0.05, 0) is 127 Å². The first-order chi connectivity index (χ1) is 24.2. The summed E-state index contributed by atoms with van der Waals surface area (Å²) >= 11 is 3.10. The molecule has 1 atom stereocenters. The summed E-state index contributed by atoms with van der Waals surface area (Å²) in [6, 6.07) is 34.6. The van der Waals surface area contributed by atoms with Crippen LogP contribution in [-0.4, -0.2) is 13.4 Å². The van der Waals surface area contributed by atoms with Crippen LogP contribution in [0.2, 0.25) is 0 Å². The molecule has 0 fully saturated rings. The van der Waals surface area contributed by atoms with Crippen LogP contribution >= 0.6 is 15.9 Å². The summed E-state index contributed by atoms with van der Waals surface area (Å²) in [5, 5.41) is 3.95. The maximum Gasteiger partial charge on any atom is 0.416 e. The Morgan fingerprint density at radius 3 is 2.14 bits per heavy atom. The van der Waals surface area contributed by atoms with Crippen molar-refractivity contribution in [1.29, 1.82) is 0 Å². The van der Waals surface area contributed by atoms with Gasteiger partial charge in [-0.3, -0.25) is 4.98 Å². The van der Waals surface area contributed by atoms with E-state index in [0.717, 1.165) is 56.4 Å². The van der Waals surface area contributed by atoms with E-state index >= 15 is 0 Å². The minimum atomic E-state index is -4.44. The lowest BCUT2D eigenvalue weighted by Crippen LogP contribution is -2.30. The van der Waals surface area contributed by atoms with Gasteiger partial charge in [0.1, 0.15) is 5.82 Å². The molecule has 258 valence electrons. The Hall–Kier alpha value is -4.60. The van der Waals surface area contributed by atoms with Gasteiger partial charge in [-0.25, -0.2) is 12.8 Å². The van der Waals surface area contributed by atoms with Crippen molar-refractivity contribution in [2.75, 3.05) is 0 Å². The van der Waals surface area contributed by atoms with Gasteiger partial charge in [0, 0.05) is 11.6 Å².